The van der Waals surface area contributed by atoms with Gasteiger partial charge in [-0.1, -0.05) is 19.9 Å². The van der Waals surface area contributed by atoms with Crippen LogP contribution in [-0.4, -0.2) is 12.6 Å². The molecule has 1 rings (SSSR count). The molecular weight excluding hydrogens is 200 g/mol. The Kier molecular flexibility index (Phi) is 4.11. The summed E-state index contributed by atoms with van der Waals surface area (Å²) in [5.74, 6) is 0.258. The molecular formula is C14H20O2. The van der Waals surface area contributed by atoms with Crippen LogP contribution in [0.5, 0.6) is 0 Å². The van der Waals surface area contributed by atoms with Crippen LogP contribution in [0.4, 0.5) is 0 Å². The van der Waals surface area contributed by atoms with Crippen LogP contribution in [0.1, 0.15) is 53.7 Å². The predicted octanol–water partition coefficient (Wildman–Crippen LogP) is 3.60. The fourth-order valence-corrected chi connectivity index (χ4v) is 1.89. The maximum absolute atomic E-state index is 11.7. The molecule has 88 valence electrons. The molecule has 2 nitrogen and oxygen atoms in total. The van der Waals surface area contributed by atoms with Crippen LogP contribution in [0, 0.1) is 13.8 Å². The summed E-state index contributed by atoms with van der Waals surface area (Å²) >= 11 is 0. The number of hydrogen-bond donors (Lipinski definition) is 0. The molecule has 1 aromatic carbocycles. The molecule has 16 heavy (non-hydrogen) atoms. The van der Waals surface area contributed by atoms with Crippen molar-refractivity contribution in [2.45, 2.75) is 40.5 Å². The molecule has 0 fully saturated rings. The van der Waals surface area contributed by atoms with Crippen LogP contribution in [0.3, 0.4) is 0 Å². The summed E-state index contributed by atoms with van der Waals surface area (Å²) in [5.41, 5.74) is 4.13. The van der Waals surface area contributed by atoms with Gasteiger partial charge in [0, 0.05) is 0 Å². The van der Waals surface area contributed by atoms with Gasteiger partial charge in [0.05, 0.1) is 12.2 Å². The molecule has 0 heterocycles. The number of ether oxygens (including phenoxy) is 1. The van der Waals surface area contributed by atoms with E-state index in [1.54, 1.807) is 0 Å². The van der Waals surface area contributed by atoms with E-state index in [1.165, 1.54) is 5.56 Å². The van der Waals surface area contributed by atoms with Crippen LogP contribution in [-0.2, 0) is 4.74 Å². The largest absolute Gasteiger partial charge is 0.462 e. The lowest BCUT2D eigenvalue weighted by Crippen LogP contribution is -2.08. The van der Waals surface area contributed by atoms with Crippen molar-refractivity contribution in [3.63, 3.8) is 0 Å². The molecule has 0 atom stereocenters. The highest BCUT2D eigenvalue weighted by Crippen LogP contribution is 2.23. The zero-order valence-corrected chi connectivity index (χ0v) is 10.8. The standard InChI is InChI=1S/C14H20O2/c1-6-16-14(15)13-8-10(4)12(9(2)3)7-11(13)5/h7-9H,6H2,1-5H3. The molecule has 0 aliphatic rings. The van der Waals surface area contributed by atoms with Crippen molar-refractivity contribution in [2.24, 2.45) is 0 Å². The van der Waals surface area contributed by atoms with E-state index in [1.807, 2.05) is 26.8 Å². The second kappa shape index (κ2) is 5.15. The lowest BCUT2D eigenvalue weighted by Gasteiger charge is -2.13. The Morgan fingerprint density at radius 3 is 2.38 bits per heavy atom. The van der Waals surface area contributed by atoms with Crippen molar-refractivity contribution in [2.75, 3.05) is 6.61 Å². The smallest absolute Gasteiger partial charge is 0.338 e. The third kappa shape index (κ3) is 2.63. The Labute approximate surface area is 97.6 Å². The quantitative estimate of drug-likeness (QED) is 0.727. The van der Waals surface area contributed by atoms with Gasteiger partial charge >= 0.3 is 5.97 Å². The number of carbonyl (C=O) groups is 1. The van der Waals surface area contributed by atoms with Gasteiger partial charge in [-0.15, -0.1) is 0 Å². The Morgan fingerprint density at radius 1 is 1.25 bits per heavy atom. The van der Waals surface area contributed by atoms with Gasteiger partial charge in [0.25, 0.3) is 0 Å². The summed E-state index contributed by atoms with van der Waals surface area (Å²) in [4.78, 5) is 11.7. The lowest BCUT2D eigenvalue weighted by molar-refractivity contribution is 0.0525. The predicted molar refractivity (Wildman–Crippen MR) is 66.0 cm³/mol. The second-order valence-electron chi connectivity index (χ2n) is 4.40. The molecule has 0 radical (unpaired) electrons. The maximum Gasteiger partial charge on any atom is 0.338 e. The van der Waals surface area contributed by atoms with E-state index in [9.17, 15) is 4.79 Å². The minimum absolute atomic E-state index is 0.224. The minimum atomic E-state index is -0.224. The maximum atomic E-state index is 11.7. The summed E-state index contributed by atoms with van der Waals surface area (Å²) in [6.07, 6.45) is 0. The first-order chi connectivity index (χ1) is 7.47. The first-order valence-electron chi connectivity index (χ1n) is 5.75. The van der Waals surface area contributed by atoms with E-state index < -0.39 is 0 Å². The molecule has 0 spiro atoms. The molecule has 2 heteroatoms. The molecule has 0 amide bonds. The fourth-order valence-electron chi connectivity index (χ4n) is 1.89. The summed E-state index contributed by atoms with van der Waals surface area (Å²) in [6, 6.07) is 4.02. The van der Waals surface area contributed by atoms with Crippen LogP contribution in [0.15, 0.2) is 12.1 Å². The van der Waals surface area contributed by atoms with Gasteiger partial charge in [-0.2, -0.15) is 0 Å². The number of benzene rings is 1. The third-order valence-corrected chi connectivity index (χ3v) is 2.73. The first kappa shape index (κ1) is 12.8. The highest BCUT2D eigenvalue weighted by molar-refractivity contribution is 5.91. The van der Waals surface area contributed by atoms with Crippen molar-refractivity contribution in [3.05, 3.63) is 34.4 Å². The van der Waals surface area contributed by atoms with Gasteiger partial charge < -0.3 is 4.74 Å². The van der Waals surface area contributed by atoms with Crippen molar-refractivity contribution in [3.8, 4) is 0 Å². The zero-order valence-electron chi connectivity index (χ0n) is 10.8. The Bertz CT molecular complexity index is 392. The topological polar surface area (TPSA) is 26.3 Å². The summed E-state index contributed by atoms with van der Waals surface area (Å²) in [6.45, 7) is 10.6. The van der Waals surface area contributed by atoms with Crippen molar-refractivity contribution < 1.29 is 9.53 Å². The van der Waals surface area contributed by atoms with Gasteiger partial charge in [0.2, 0.25) is 0 Å². The van der Waals surface area contributed by atoms with E-state index in [0.717, 1.165) is 11.1 Å². The van der Waals surface area contributed by atoms with Crippen LogP contribution >= 0.6 is 0 Å². The van der Waals surface area contributed by atoms with Crippen molar-refractivity contribution in [1.82, 2.24) is 0 Å². The molecule has 0 N–H and O–H groups in total. The normalized spacial score (nSPS) is 10.6. The molecule has 0 aliphatic heterocycles. The Balaban J connectivity index is 3.15. The fraction of sp³-hybridized carbons (Fsp3) is 0.500. The average Bonchev–Trinajstić information content (AvgIpc) is 2.20. The van der Waals surface area contributed by atoms with Gasteiger partial charge in [0.15, 0.2) is 0 Å². The number of rotatable bonds is 3. The Hall–Kier alpha value is -1.31. The lowest BCUT2D eigenvalue weighted by atomic mass is 9.93. The van der Waals surface area contributed by atoms with Gasteiger partial charge in [-0.05, 0) is 49.4 Å². The molecule has 0 bridgehead atoms. The molecule has 1 aromatic rings. The van der Waals surface area contributed by atoms with Gasteiger partial charge in [0.1, 0.15) is 0 Å². The number of esters is 1. The van der Waals surface area contributed by atoms with E-state index in [-0.39, 0.29) is 5.97 Å². The van der Waals surface area contributed by atoms with E-state index in [2.05, 4.69) is 19.9 Å². The van der Waals surface area contributed by atoms with E-state index in [4.69, 9.17) is 4.74 Å². The number of aryl methyl sites for hydroxylation is 2. The Morgan fingerprint density at radius 2 is 1.88 bits per heavy atom. The average molecular weight is 220 g/mol. The summed E-state index contributed by atoms with van der Waals surface area (Å²) in [5, 5.41) is 0. The summed E-state index contributed by atoms with van der Waals surface area (Å²) < 4.78 is 5.03. The second-order valence-corrected chi connectivity index (χ2v) is 4.40. The van der Waals surface area contributed by atoms with Crippen LogP contribution in [0.2, 0.25) is 0 Å². The summed E-state index contributed by atoms with van der Waals surface area (Å²) in [7, 11) is 0. The number of hydrogen-bond acceptors (Lipinski definition) is 2. The van der Waals surface area contributed by atoms with Crippen LogP contribution < -0.4 is 0 Å². The molecule has 0 aliphatic carbocycles. The number of carbonyl (C=O) groups excluding carboxylic acids is 1. The zero-order chi connectivity index (χ0) is 12.3. The molecule has 0 aromatic heterocycles. The van der Waals surface area contributed by atoms with Gasteiger partial charge in [-0.3, -0.25) is 0 Å². The van der Waals surface area contributed by atoms with Crippen molar-refractivity contribution in [1.29, 1.82) is 0 Å². The SMILES string of the molecule is CCOC(=O)c1cc(C)c(C(C)C)cc1C. The highest BCUT2D eigenvalue weighted by atomic mass is 16.5. The van der Waals surface area contributed by atoms with Crippen molar-refractivity contribution >= 4 is 5.97 Å². The molecule has 0 unspecified atom stereocenters. The molecule has 0 saturated heterocycles. The molecule has 0 saturated carbocycles. The van der Waals surface area contributed by atoms with E-state index >= 15 is 0 Å². The monoisotopic (exact) mass is 220 g/mol. The van der Waals surface area contributed by atoms with Crippen LogP contribution in [0.25, 0.3) is 0 Å². The van der Waals surface area contributed by atoms with Gasteiger partial charge in [-0.25, -0.2) is 4.79 Å². The van der Waals surface area contributed by atoms with E-state index in [0.29, 0.717) is 18.1 Å². The minimum Gasteiger partial charge on any atom is -0.462 e. The first-order valence-corrected chi connectivity index (χ1v) is 5.75. The third-order valence-electron chi connectivity index (χ3n) is 2.73. The highest BCUT2D eigenvalue weighted by Gasteiger charge is 2.13.